The van der Waals surface area contributed by atoms with Gasteiger partial charge in [0.25, 0.3) is 0 Å². The molecule has 146 valence electrons. The lowest BCUT2D eigenvalue weighted by Crippen LogP contribution is -2.42. The number of hydrogen-bond donors (Lipinski definition) is 1. The number of nitrogens with one attached hydrogen (secondary N) is 1. The van der Waals surface area contributed by atoms with Crippen LogP contribution in [0.2, 0.25) is 0 Å². The Morgan fingerprint density at radius 2 is 1.96 bits per heavy atom. The number of nitrogens with zero attached hydrogens (tertiary/aromatic N) is 2. The lowest BCUT2D eigenvalue weighted by atomic mass is 10.2. The van der Waals surface area contributed by atoms with Crippen molar-refractivity contribution in [2.75, 3.05) is 18.1 Å². The second-order valence-corrected chi connectivity index (χ2v) is 10.1. The summed E-state index contributed by atoms with van der Waals surface area (Å²) < 4.78 is 26.1. The lowest BCUT2D eigenvalue weighted by molar-refractivity contribution is -0.119. The molecule has 1 saturated heterocycles. The Kier molecular flexibility index (Phi) is 4.95. The standard InChI is InChI=1S/C20H21N3O3S2/c1-13-5-10-16-18(12-13)27-20(22-16)14-6-8-15(9-7-14)21-19(24)17-4-3-11-23(17)28(2,25)26/h5-10,12,17H,3-4,11H2,1-2H3,(H,21,24)/t17-/m1/s1. The molecule has 1 aliphatic heterocycles. The van der Waals surface area contributed by atoms with Gasteiger partial charge >= 0.3 is 0 Å². The summed E-state index contributed by atoms with van der Waals surface area (Å²) in [5.41, 5.74) is 3.81. The van der Waals surface area contributed by atoms with Gasteiger partial charge in [0, 0.05) is 17.8 Å². The van der Waals surface area contributed by atoms with E-state index in [4.69, 9.17) is 0 Å². The smallest absolute Gasteiger partial charge is 0.242 e. The van der Waals surface area contributed by atoms with E-state index in [2.05, 4.69) is 23.3 Å². The van der Waals surface area contributed by atoms with Gasteiger partial charge in [0.15, 0.2) is 0 Å². The van der Waals surface area contributed by atoms with Crippen LogP contribution in [0.25, 0.3) is 20.8 Å². The number of benzene rings is 2. The topological polar surface area (TPSA) is 79.4 Å². The van der Waals surface area contributed by atoms with Gasteiger partial charge < -0.3 is 5.32 Å². The molecule has 2 heterocycles. The highest BCUT2D eigenvalue weighted by molar-refractivity contribution is 7.88. The van der Waals surface area contributed by atoms with Gasteiger partial charge in [0.05, 0.1) is 16.5 Å². The highest BCUT2D eigenvalue weighted by Crippen LogP contribution is 2.31. The van der Waals surface area contributed by atoms with Crippen molar-refractivity contribution in [2.24, 2.45) is 0 Å². The molecule has 0 aliphatic carbocycles. The number of hydrogen-bond acceptors (Lipinski definition) is 5. The fourth-order valence-electron chi connectivity index (χ4n) is 3.48. The van der Waals surface area contributed by atoms with Crippen molar-refractivity contribution in [1.29, 1.82) is 0 Å². The fraction of sp³-hybridized carbons (Fsp3) is 0.300. The number of fused-ring (bicyclic) bond motifs is 1. The maximum absolute atomic E-state index is 12.5. The number of thiazole rings is 1. The molecule has 0 radical (unpaired) electrons. The van der Waals surface area contributed by atoms with E-state index in [1.54, 1.807) is 11.3 Å². The molecule has 4 rings (SSSR count). The third-order valence-electron chi connectivity index (χ3n) is 4.88. The minimum absolute atomic E-state index is 0.286. The lowest BCUT2D eigenvalue weighted by Gasteiger charge is -2.21. The van der Waals surface area contributed by atoms with E-state index in [-0.39, 0.29) is 5.91 Å². The quantitative estimate of drug-likeness (QED) is 0.706. The molecular formula is C20H21N3O3S2. The average Bonchev–Trinajstić information content (AvgIpc) is 3.28. The predicted octanol–water partition coefficient (Wildman–Crippen LogP) is 3.63. The molecular weight excluding hydrogens is 394 g/mol. The molecule has 2 aromatic carbocycles. The van der Waals surface area contributed by atoms with Crippen LogP contribution in [-0.2, 0) is 14.8 Å². The maximum Gasteiger partial charge on any atom is 0.242 e. The number of sulfonamides is 1. The molecule has 0 saturated carbocycles. The zero-order valence-corrected chi connectivity index (χ0v) is 17.3. The first-order valence-electron chi connectivity index (χ1n) is 9.06. The number of aryl methyl sites for hydroxylation is 1. The van der Waals surface area contributed by atoms with E-state index in [0.717, 1.165) is 27.0 Å². The second-order valence-electron chi connectivity index (χ2n) is 7.09. The molecule has 1 N–H and O–H groups in total. The van der Waals surface area contributed by atoms with Gasteiger partial charge in [-0.15, -0.1) is 11.3 Å². The molecule has 8 heteroatoms. The minimum atomic E-state index is -3.38. The Bertz CT molecular complexity index is 1140. The molecule has 1 aliphatic rings. The molecule has 1 aromatic heterocycles. The van der Waals surface area contributed by atoms with Gasteiger partial charge in [0.2, 0.25) is 15.9 Å². The number of carbonyl (C=O) groups excluding carboxylic acids is 1. The molecule has 3 aromatic rings. The van der Waals surface area contributed by atoms with Gasteiger partial charge in [-0.1, -0.05) is 6.07 Å². The van der Waals surface area contributed by atoms with Crippen molar-refractivity contribution in [3.63, 3.8) is 0 Å². The number of anilines is 1. The van der Waals surface area contributed by atoms with Crippen molar-refractivity contribution >= 4 is 43.2 Å². The third-order valence-corrected chi connectivity index (χ3v) is 7.23. The summed E-state index contributed by atoms with van der Waals surface area (Å²) >= 11 is 1.64. The minimum Gasteiger partial charge on any atom is -0.325 e. The first kappa shape index (κ1) is 19.0. The summed E-state index contributed by atoms with van der Waals surface area (Å²) in [6.45, 7) is 2.46. The number of aromatic nitrogens is 1. The zero-order chi connectivity index (χ0) is 19.9. The number of rotatable bonds is 4. The molecule has 6 nitrogen and oxygen atoms in total. The van der Waals surface area contributed by atoms with Gasteiger partial charge in [-0.25, -0.2) is 13.4 Å². The maximum atomic E-state index is 12.5. The monoisotopic (exact) mass is 415 g/mol. The van der Waals surface area contributed by atoms with E-state index < -0.39 is 16.1 Å². The highest BCUT2D eigenvalue weighted by atomic mass is 32.2. The zero-order valence-electron chi connectivity index (χ0n) is 15.7. The summed E-state index contributed by atoms with van der Waals surface area (Å²) in [7, 11) is -3.38. The van der Waals surface area contributed by atoms with Crippen LogP contribution in [0.4, 0.5) is 5.69 Å². The Balaban J connectivity index is 1.50. The van der Waals surface area contributed by atoms with Crippen LogP contribution in [-0.4, -0.2) is 42.5 Å². The van der Waals surface area contributed by atoms with Crippen LogP contribution in [0.3, 0.4) is 0 Å². The van der Waals surface area contributed by atoms with Crippen molar-refractivity contribution in [1.82, 2.24) is 9.29 Å². The summed E-state index contributed by atoms with van der Waals surface area (Å²) in [5, 5.41) is 3.76. The Morgan fingerprint density at radius 1 is 1.21 bits per heavy atom. The van der Waals surface area contributed by atoms with Crippen molar-refractivity contribution in [2.45, 2.75) is 25.8 Å². The highest BCUT2D eigenvalue weighted by Gasteiger charge is 2.36. The van der Waals surface area contributed by atoms with Crippen LogP contribution < -0.4 is 5.32 Å². The summed E-state index contributed by atoms with van der Waals surface area (Å²) in [6, 6.07) is 13.0. The van der Waals surface area contributed by atoms with E-state index in [1.165, 1.54) is 9.87 Å². The number of amides is 1. The van der Waals surface area contributed by atoms with Crippen LogP contribution in [0, 0.1) is 6.92 Å². The van der Waals surface area contributed by atoms with Gasteiger partial charge in [-0.3, -0.25) is 4.79 Å². The van der Waals surface area contributed by atoms with Crippen LogP contribution >= 0.6 is 11.3 Å². The van der Waals surface area contributed by atoms with Gasteiger partial charge in [-0.05, 0) is 61.7 Å². The Hall–Kier alpha value is -2.29. The van der Waals surface area contributed by atoms with E-state index in [1.807, 2.05) is 36.4 Å². The third kappa shape index (κ3) is 3.80. The summed E-state index contributed by atoms with van der Waals surface area (Å²) in [4.78, 5) is 17.2. The molecule has 0 unspecified atom stereocenters. The molecule has 28 heavy (non-hydrogen) atoms. The SMILES string of the molecule is Cc1ccc2nc(-c3ccc(NC(=O)[C@H]4CCCN4S(C)(=O)=O)cc3)sc2c1. The van der Waals surface area contributed by atoms with E-state index >= 15 is 0 Å². The second kappa shape index (κ2) is 7.27. The molecule has 1 fully saturated rings. The summed E-state index contributed by atoms with van der Waals surface area (Å²) in [5.74, 6) is -0.286. The van der Waals surface area contributed by atoms with Crippen molar-refractivity contribution < 1.29 is 13.2 Å². The molecule has 1 amide bonds. The van der Waals surface area contributed by atoms with Crippen molar-refractivity contribution in [3.05, 3.63) is 48.0 Å². The normalized spacial score (nSPS) is 17.9. The van der Waals surface area contributed by atoms with Crippen LogP contribution in [0.5, 0.6) is 0 Å². The predicted molar refractivity (Wildman–Crippen MR) is 113 cm³/mol. The van der Waals surface area contributed by atoms with Gasteiger partial charge in [-0.2, -0.15) is 4.31 Å². The summed E-state index contributed by atoms with van der Waals surface area (Å²) in [6.07, 6.45) is 2.39. The fourth-order valence-corrected chi connectivity index (χ4v) is 5.67. The molecule has 0 spiro atoms. The number of carbonyl (C=O) groups is 1. The first-order valence-corrected chi connectivity index (χ1v) is 11.7. The van der Waals surface area contributed by atoms with E-state index in [0.29, 0.717) is 25.1 Å². The van der Waals surface area contributed by atoms with E-state index in [9.17, 15) is 13.2 Å². The largest absolute Gasteiger partial charge is 0.325 e. The molecule has 1 atom stereocenters. The van der Waals surface area contributed by atoms with Gasteiger partial charge in [0.1, 0.15) is 11.0 Å². The van der Waals surface area contributed by atoms with Crippen LogP contribution in [0.1, 0.15) is 18.4 Å². The first-order chi connectivity index (χ1) is 13.3. The van der Waals surface area contributed by atoms with Crippen LogP contribution in [0.15, 0.2) is 42.5 Å². The Morgan fingerprint density at radius 3 is 2.68 bits per heavy atom. The average molecular weight is 416 g/mol. The van der Waals surface area contributed by atoms with Crippen molar-refractivity contribution in [3.8, 4) is 10.6 Å². The Labute approximate surface area is 168 Å². The molecule has 0 bridgehead atoms.